The van der Waals surface area contributed by atoms with Gasteiger partial charge in [-0.3, -0.25) is 0 Å². The molecule has 0 unspecified atom stereocenters. The maximum absolute atomic E-state index is 6.30. The third-order valence-electron chi connectivity index (χ3n) is 10.3. The van der Waals surface area contributed by atoms with E-state index in [4.69, 9.17) is 23.8 Å². The van der Waals surface area contributed by atoms with Gasteiger partial charge in [-0.15, -0.1) is 0 Å². The highest BCUT2D eigenvalue weighted by molar-refractivity contribution is 6.08. The van der Waals surface area contributed by atoms with Crippen molar-refractivity contribution in [2.24, 2.45) is 5.92 Å². The van der Waals surface area contributed by atoms with Crippen molar-refractivity contribution in [3.8, 4) is 45.3 Å². The highest BCUT2D eigenvalue weighted by atomic mass is 16.3. The van der Waals surface area contributed by atoms with Crippen molar-refractivity contribution in [2.75, 3.05) is 0 Å². The standard InChI is InChI=1S/C49H35N3O2/c1-31(26-32-16-19-36(20-17-32)49-51-47(34-10-4-2-5-11-34)50-48(52-49)35-12-6-3-7-13-35)27-33-18-23-44-40(28-33)42-30-38(22-25-46(42)54-44)37-21-24-45-41(29-37)39-14-8-9-15-43(39)53-45/h2-25,28-31H,26-27H2,1H3/t31-/m0/s1. The van der Waals surface area contributed by atoms with Crippen LogP contribution < -0.4 is 0 Å². The average molecular weight is 698 g/mol. The van der Waals surface area contributed by atoms with Crippen molar-refractivity contribution in [1.82, 2.24) is 15.0 Å². The minimum absolute atomic E-state index is 0.435. The molecular formula is C49H35N3O2. The van der Waals surface area contributed by atoms with E-state index in [1.165, 1.54) is 11.1 Å². The predicted molar refractivity (Wildman–Crippen MR) is 219 cm³/mol. The van der Waals surface area contributed by atoms with Gasteiger partial charge in [-0.1, -0.05) is 128 Å². The number of para-hydroxylation sites is 1. The molecule has 7 aromatic carbocycles. The Morgan fingerprint density at radius 1 is 0.370 bits per heavy atom. The van der Waals surface area contributed by atoms with Crippen LogP contribution in [0, 0.1) is 5.92 Å². The van der Waals surface area contributed by atoms with Gasteiger partial charge < -0.3 is 8.83 Å². The first-order valence-corrected chi connectivity index (χ1v) is 18.4. The lowest BCUT2D eigenvalue weighted by Crippen LogP contribution is -2.04. The van der Waals surface area contributed by atoms with Crippen LogP contribution in [0.5, 0.6) is 0 Å². The Bertz CT molecular complexity index is 2890. The van der Waals surface area contributed by atoms with Crippen LogP contribution in [0.2, 0.25) is 0 Å². The minimum atomic E-state index is 0.435. The highest BCUT2D eigenvalue weighted by Crippen LogP contribution is 2.36. The molecule has 0 aliphatic rings. The molecule has 0 saturated carbocycles. The van der Waals surface area contributed by atoms with Crippen molar-refractivity contribution in [2.45, 2.75) is 19.8 Å². The van der Waals surface area contributed by atoms with E-state index in [0.717, 1.165) is 84.5 Å². The zero-order valence-corrected chi connectivity index (χ0v) is 29.7. The summed E-state index contributed by atoms with van der Waals surface area (Å²) in [4.78, 5) is 14.6. The quantitative estimate of drug-likeness (QED) is 0.158. The van der Waals surface area contributed by atoms with Gasteiger partial charge in [-0.25, -0.2) is 15.0 Å². The zero-order valence-electron chi connectivity index (χ0n) is 29.7. The smallest absolute Gasteiger partial charge is 0.164 e. The number of fused-ring (bicyclic) bond motifs is 6. The van der Waals surface area contributed by atoms with E-state index in [2.05, 4.69) is 97.9 Å². The van der Waals surface area contributed by atoms with Crippen molar-refractivity contribution < 1.29 is 8.83 Å². The van der Waals surface area contributed by atoms with Gasteiger partial charge in [0.2, 0.25) is 0 Å². The fraction of sp³-hybridized carbons (Fsp3) is 0.0816. The van der Waals surface area contributed by atoms with E-state index in [-0.39, 0.29) is 0 Å². The molecule has 5 nitrogen and oxygen atoms in total. The molecule has 10 rings (SSSR count). The largest absolute Gasteiger partial charge is 0.456 e. The summed E-state index contributed by atoms with van der Waals surface area (Å²) in [5, 5.41) is 4.55. The molecule has 5 heteroatoms. The molecule has 1 atom stereocenters. The molecule has 0 aliphatic carbocycles. The molecule has 0 spiro atoms. The summed E-state index contributed by atoms with van der Waals surface area (Å²) >= 11 is 0. The summed E-state index contributed by atoms with van der Waals surface area (Å²) in [5.41, 5.74) is 11.4. The number of aromatic nitrogens is 3. The molecule has 0 saturated heterocycles. The molecule has 3 aromatic heterocycles. The molecule has 258 valence electrons. The summed E-state index contributed by atoms with van der Waals surface area (Å²) < 4.78 is 12.4. The Morgan fingerprint density at radius 3 is 1.37 bits per heavy atom. The molecule has 0 bridgehead atoms. The summed E-state index contributed by atoms with van der Waals surface area (Å²) in [7, 11) is 0. The summed E-state index contributed by atoms with van der Waals surface area (Å²) in [5.74, 6) is 2.44. The van der Waals surface area contributed by atoms with Crippen molar-refractivity contribution in [3.05, 3.63) is 175 Å². The van der Waals surface area contributed by atoms with Crippen LogP contribution >= 0.6 is 0 Å². The van der Waals surface area contributed by atoms with Crippen LogP contribution in [0.15, 0.2) is 173 Å². The van der Waals surface area contributed by atoms with Gasteiger partial charge in [0.1, 0.15) is 22.3 Å². The van der Waals surface area contributed by atoms with Crippen LogP contribution in [-0.4, -0.2) is 15.0 Å². The monoisotopic (exact) mass is 697 g/mol. The number of hydrogen-bond donors (Lipinski definition) is 0. The van der Waals surface area contributed by atoms with E-state index in [1.54, 1.807) is 0 Å². The average Bonchev–Trinajstić information content (AvgIpc) is 3.79. The van der Waals surface area contributed by atoms with Crippen LogP contribution in [0.25, 0.3) is 89.2 Å². The van der Waals surface area contributed by atoms with Crippen LogP contribution in [0.3, 0.4) is 0 Å². The van der Waals surface area contributed by atoms with Crippen LogP contribution in [0.4, 0.5) is 0 Å². The topological polar surface area (TPSA) is 65.0 Å². The molecule has 54 heavy (non-hydrogen) atoms. The second-order valence-corrected chi connectivity index (χ2v) is 14.2. The Morgan fingerprint density at radius 2 is 0.778 bits per heavy atom. The van der Waals surface area contributed by atoms with Crippen molar-refractivity contribution >= 4 is 43.9 Å². The first kappa shape index (κ1) is 31.9. The van der Waals surface area contributed by atoms with Gasteiger partial charge >= 0.3 is 0 Å². The molecule has 10 aromatic rings. The van der Waals surface area contributed by atoms with E-state index in [9.17, 15) is 0 Å². The van der Waals surface area contributed by atoms with Gasteiger partial charge in [0.25, 0.3) is 0 Å². The third kappa shape index (κ3) is 6.00. The number of nitrogens with zero attached hydrogens (tertiary/aromatic N) is 3. The minimum Gasteiger partial charge on any atom is -0.456 e. The lowest BCUT2D eigenvalue weighted by atomic mass is 9.93. The fourth-order valence-corrected chi connectivity index (χ4v) is 7.64. The Kier molecular flexibility index (Phi) is 7.84. The van der Waals surface area contributed by atoms with E-state index < -0.39 is 0 Å². The predicted octanol–water partition coefficient (Wildman–Crippen LogP) is 12.8. The molecule has 0 fully saturated rings. The second kappa shape index (κ2) is 13.3. The summed E-state index contributed by atoms with van der Waals surface area (Å²) in [6, 6.07) is 56.7. The number of rotatable bonds is 8. The second-order valence-electron chi connectivity index (χ2n) is 14.2. The maximum atomic E-state index is 6.30. The van der Waals surface area contributed by atoms with E-state index in [0.29, 0.717) is 23.4 Å². The highest BCUT2D eigenvalue weighted by Gasteiger charge is 2.15. The van der Waals surface area contributed by atoms with Crippen LogP contribution in [-0.2, 0) is 12.8 Å². The summed E-state index contributed by atoms with van der Waals surface area (Å²) in [6.45, 7) is 2.32. The van der Waals surface area contributed by atoms with Gasteiger partial charge in [0, 0.05) is 38.2 Å². The summed E-state index contributed by atoms with van der Waals surface area (Å²) in [6.07, 6.45) is 1.92. The van der Waals surface area contributed by atoms with Gasteiger partial charge in [-0.05, 0) is 83.5 Å². The number of furan rings is 2. The third-order valence-corrected chi connectivity index (χ3v) is 10.3. The lowest BCUT2D eigenvalue weighted by Gasteiger charge is -2.13. The van der Waals surface area contributed by atoms with E-state index in [1.807, 2.05) is 72.8 Å². The van der Waals surface area contributed by atoms with Gasteiger partial charge in [-0.2, -0.15) is 0 Å². The zero-order chi connectivity index (χ0) is 36.0. The van der Waals surface area contributed by atoms with Gasteiger partial charge in [0.05, 0.1) is 0 Å². The number of benzene rings is 7. The van der Waals surface area contributed by atoms with Crippen molar-refractivity contribution in [1.29, 1.82) is 0 Å². The SMILES string of the molecule is C[C@@H](Cc1ccc(-c2nc(-c3ccccc3)nc(-c3ccccc3)n2)cc1)Cc1ccc2oc3ccc(-c4ccc5oc6ccccc6c5c4)cc3c2c1. The molecule has 0 N–H and O–H groups in total. The maximum Gasteiger partial charge on any atom is 0.164 e. The Labute approximate surface area is 312 Å². The molecule has 0 radical (unpaired) electrons. The van der Waals surface area contributed by atoms with Crippen LogP contribution in [0.1, 0.15) is 18.1 Å². The Hall–Kier alpha value is -6.85. The van der Waals surface area contributed by atoms with E-state index >= 15 is 0 Å². The lowest BCUT2D eigenvalue weighted by molar-refractivity contribution is 0.577. The molecule has 3 heterocycles. The number of hydrogen-bond acceptors (Lipinski definition) is 5. The first-order chi connectivity index (χ1) is 26.6. The van der Waals surface area contributed by atoms with Gasteiger partial charge in [0.15, 0.2) is 17.5 Å². The molecular weight excluding hydrogens is 663 g/mol. The Balaban J connectivity index is 0.893. The molecule has 0 amide bonds. The van der Waals surface area contributed by atoms with Crippen molar-refractivity contribution in [3.63, 3.8) is 0 Å². The normalized spacial score (nSPS) is 12.2. The first-order valence-electron chi connectivity index (χ1n) is 18.4. The fourth-order valence-electron chi connectivity index (χ4n) is 7.64. The molecule has 0 aliphatic heterocycles.